The van der Waals surface area contributed by atoms with E-state index in [4.69, 9.17) is 0 Å². The fourth-order valence-electron chi connectivity index (χ4n) is 1.57. The van der Waals surface area contributed by atoms with Crippen molar-refractivity contribution in [2.75, 3.05) is 0 Å². The first-order valence-electron chi connectivity index (χ1n) is 5.64. The van der Waals surface area contributed by atoms with Crippen LogP contribution >= 0.6 is 0 Å². The number of hydrogen-bond acceptors (Lipinski definition) is 0. The molecule has 1 rings (SSSR count). The van der Waals surface area contributed by atoms with Crippen LogP contribution in [0.3, 0.4) is 0 Å². The predicted molar refractivity (Wildman–Crippen MR) is 59.0 cm³/mol. The molecule has 0 atom stereocenters. The molecule has 0 saturated heterocycles. The maximum absolute atomic E-state index is 12.9. The van der Waals surface area contributed by atoms with E-state index in [0.717, 1.165) is 43.4 Å². The molecular formula is C13H15CuF4. The Morgan fingerprint density at radius 2 is 1.61 bits per heavy atom. The Hall–Kier alpha value is -0.541. The monoisotopic (exact) mass is 310 g/mol. The molecule has 0 N–H and O–H groups in total. The van der Waals surface area contributed by atoms with Crippen molar-refractivity contribution in [1.29, 1.82) is 0 Å². The number of unbranched alkanes of at least 4 members (excludes halogenated alkanes) is 2. The standard InChI is InChI=1S/C13H15F4.Cu/c1-2-3-4-5-10-6-8-11(9-7-10)13(16,17)12(14)15;/h6-9H,2-5H2,1H3;/q-1;+1. The van der Waals surface area contributed by atoms with Gasteiger partial charge in [-0.2, -0.15) is 0 Å². The molecule has 0 aliphatic rings. The summed E-state index contributed by atoms with van der Waals surface area (Å²) in [5, 5.41) is 0. The Balaban J connectivity index is 0.00000289. The van der Waals surface area contributed by atoms with Gasteiger partial charge < -0.3 is 8.78 Å². The fraction of sp³-hybridized carbons (Fsp3) is 0.462. The summed E-state index contributed by atoms with van der Waals surface area (Å²) in [5.74, 6) is -4.14. The van der Waals surface area contributed by atoms with Gasteiger partial charge in [-0.1, -0.05) is 44.0 Å². The maximum atomic E-state index is 12.9. The summed E-state index contributed by atoms with van der Waals surface area (Å²) in [6.45, 7) is 2.07. The Labute approximate surface area is 115 Å². The number of alkyl halides is 2. The van der Waals surface area contributed by atoms with E-state index in [1.54, 1.807) is 0 Å². The number of hydrogen-bond donors (Lipinski definition) is 0. The van der Waals surface area contributed by atoms with E-state index in [2.05, 4.69) is 6.92 Å². The van der Waals surface area contributed by atoms with Gasteiger partial charge in [0.2, 0.25) is 5.92 Å². The van der Waals surface area contributed by atoms with Crippen molar-refractivity contribution in [1.82, 2.24) is 0 Å². The van der Waals surface area contributed by atoms with E-state index >= 15 is 0 Å². The van der Waals surface area contributed by atoms with Gasteiger partial charge in [-0.25, -0.2) is 8.78 Å². The van der Waals surface area contributed by atoms with Crippen LogP contribution in [0.5, 0.6) is 0 Å². The summed E-state index contributed by atoms with van der Waals surface area (Å²) in [4.78, 5) is 0. The molecule has 106 valence electrons. The van der Waals surface area contributed by atoms with Gasteiger partial charge in [0, 0.05) is 0 Å². The Kier molecular flexibility index (Phi) is 7.56. The minimum Gasteiger partial charge on any atom is -0.415 e. The van der Waals surface area contributed by atoms with E-state index < -0.39 is 17.9 Å². The summed E-state index contributed by atoms with van der Waals surface area (Å²) < 4.78 is 49.9. The molecule has 0 bridgehead atoms. The Morgan fingerprint density at radius 3 is 2.06 bits per heavy atom. The van der Waals surface area contributed by atoms with Crippen LogP contribution in [0.4, 0.5) is 17.6 Å². The molecule has 0 aliphatic heterocycles. The second-order valence-electron chi connectivity index (χ2n) is 3.99. The van der Waals surface area contributed by atoms with Crippen molar-refractivity contribution in [2.45, 2.75) is 38.5 Å². The summed E-state index contributed by atoms with van der Waals surface area (Å²) in [6, 6.07) is 5.12. The van der Waals surface area contributed by atoms with Gasteiger partial charge in [0.1, 0.15) is 0 Å². The van der Waals surface area contributed by atoms with Crippen molar-refractivity contribution in [3.05, 3.63) is 41.8 Å². The van der Waals surface area contributed by atoms with Gasteiger partial charge in [-0.15, -0.1) is 0 Å². The van der Waals surface area contributed by atoms with E-state index in [-0.39, 0.29) is 17.1 Å². The van der Waals surface area contributed by atoms with E-state index in [1.165, 1.54) is 12.1 Å². The molecule has 0 radical (unpaired) electrons. The topological polar surface area (TPSA) is 0 Å². The third-order valence-electron chi connectivity index (χ3n) is 2.62. The zero-order chi connectivity index (χ0) is 12.9. The average molecular weight is 311 g/mol. The molecule has 0 aliphatic carbocycles. The quantitative estimate of drug-likeness (QED) is 0.302. The molecule has 18 heavy (non-hydrogen) atoms. The van der Waals surface area contributed by atoms with Crippen molar-refractivity contribution in [3.8, 4) is 0 Å². The molecule has 1 aromatic carbocycles. The molecule has 1 aromatic rings. The second kappa shape index (κ2) is 7.80. The van der Waals surface area contributed by atoms with E-state index in [1.807, 2.05) is 0 Å². The largest absolute Gasteiger partial charge is 1.00 e. The van der Waals surface area contributed by atoms with Gasteiger partial charge >= 0.3 is 17.1 Å². The molecule has 0 aromatic heterocycles. The maximum Gasteiger partial charge on any atom is 1.00 e. The van der Waals surface area contributed by atoms with Crippen molar-refractivity contribution in [2.24, 2.45) is 0 Å². The van der Waals surface area contributed by atoms with Crippen LogP contribution < -0.4 is 0 Å². The first-order chi connectivity index (χ1) is 7.98. The minimum absolute atomic E-state index is 0. The molecule has 0 amide bonds. The van der Waals surface area contributed by atoms with Crippen LogP contribution in [0, 0.1) is 6.43 Å². The van der Waals surface area contributed by atoms with E-state index in [9.17, 15) is 17.6 Å². The summed E-state index contributed by atoms with van der Waals surface area (Å²) >= 11 is 0. The molecule has 0 heterocycles. The van der Waals surface area contributed by atoms with Gasteiger partial charge in [-0.3, -0.25) is 0 Å². The number of rotatable bonds is 6. The summed E-state index contributed by atoms with van der Waals surface area (Å²) in [7, 11) is 0. The zero-order valence-corrected chi connectivity index (χ0v) is 10.9. The Bertz CT molecular complexity index is 335. The van der Waals surface area contributed by atoms with Crippen molar-refractivity contribution < 1.29 is 34.6 Å². The number of aryl methyl sites for hydroxylation is 1. The normalized spacial score (nSPS) is 11.4. The van der Waals surface area contributed by atoms with Crippen LogP contribution in [0.2, 0.25) is 0 Å². The molecular weight excluding hydrogens is 296 g/mol. The van der Waals surface area contributed by atoms with Crippen LogP contribution in [-0.2, 0) is 29.4 Å². The van der Waals surface area contributed by atoms with Crippen LogP contribution in [0.15, 0.2) is 24.3 Å². The van der Waals surface area contributed by atoms with Gasteiger partial charge in [-0.05, 0) is 24.0 Å². The van der Waals surface area contributed by atoms with Crippen molar-refractivity contribution in [3.63, 3.8) is 0 Å². The molecule has 0 saturated carbocycles. The Morgan fingerprint density at radius 1 is 1.06 bits per heavy atom. The third-order valence-corrected chi connectivity index (χ3v) is 2.62. The first-order valence-corrected chi connectivity index (χ1v) is 5.64. The average Bonchev–Trinajstić information content (AvgIpc) is 2.30. The SMILES string of the molecule is CCCCCc1ccc(C(F)(F)[C-](F)F)cc1.[Cu+]. The van der Waals surface area contributed by atoms with Crippen LogP contribution in [0.25, 0.3) is 0 Å². The fourth-order valence-corrected chi connectivity index (χ4v) is 1.57. The second-order valence-corrected chi connectivity index (χ2v) is 3.99. The third kappa shape index (κ3) is 4.62. The van der Waals surface area contributed by atoms with E-state index in [0.29, 0.717) is 0 Å². The van der Waals surface area contributed by atoms with Gasteiger partial charge in [0.25, 0.3) is 0 Å². The predicted octanol–water partition coefficient (Wildman–Crippen LogP) is 4.94. The molecule has 0 spiro atoms. The van der Waals surface area contributed by atoms with Gasteiger partial charge in [0.15, 0.2) is 0 Å². The first kappa shape index (κ1) is 17.5. The smallest absolute Gasteiger partial charge is 0.415 e. The molecule has 0 nitrogen and oxygen atoms in total. The summed E-state index contributed by atoms with van der Waals surface area (Å²) in [6.07, 6.45) is 1.07. The van der Waals surface area contributed by atoms with Crippen LogP contribution in [-0.4, -0.2) is 0 Å². The summed E-state index contributed by atoms with van der Waals surface area (Å²) in [5.41, 5.74) is 0.244. The number of halogens is 4. The molecule has 0 unspecified atom stereocenters. The number of benzene rings is 1. The molecule has 5 heteroatoms. The minimum atomic E-state index is -4.14. The van der Waals surface area contributed by atoms with Crippen molar-refractivity contribution >= 4 is 0 Å². The zero-order valence-electron chi connectivity index (χ0n) is 9.95. The van der Waals surface area contributed by atoms with Gasteiger partial charge in [0.05, 0.1) is 6.43 Å². The molecule has 0 fully saturated rings. The van der Waals surface area contributed by atoms with Crippen LogP contribution in [0.1, 0.15) is 37.3 Å².